The van der Waals surface area contributed by atoms with E-state index in [1.54, 1.807) is 26.1 Å². The highest BCUT2D eigenvalue weighted by Gasteiger charge is 2.32. The molecule has 7 nitrogen and oxygen atoms in total. The van der Waals surface area contributed by atoms with Gasteiger partial charge in [-0.05, 0) is 49.7 Å². The number of nitrogens with one attached hydrogen (secondary N) is 2. The van der Waals surface area contributed by atoms with Crippen LogP contribution in [0, 0.1) is 24.7 Å². The van der Waals surface area contributed by atoms with Crippen LogP contribution >= 0.6 is 0 Å². The molecular formula is C20H18F3N5O2. The van der Waals surface area contributed by atoms with Gasteiger partial charge in [0.1, 0.15) is 17.6 Å². The van der Waals surface area contributed by atoms with Gasteiger partial charge in [0.15, 0.2) is 0 Å². The van der Waals surface area contributed by atoms with E-state index in [2.05, 4.69) is 10.1 Å². The van der Waals surface area contributed by atoms with Gasteiger partial charge in [-0.15, -0.1) is 5.10 Å². The number of ether oxygens (including phenoxy) is 2. The minimum absolute atomic E-state index is 0.0327. The van der Waals surface area contributed by atoms with Crippen molar-refractivity contribution in [2.75, 3.05) is 7.11 Å². The molecule has 0 aliphatic carbocycles. The molecule has 10 heteroatoms. The molecule has 156 valence electrons. The molecule has 2 N–H and O–H groups in total. The molecule has 3 rings (SSSR count). The first-order chi connectivity index (χ1) is 14.1. The Kier molecular flexibility index (Phi) is 5.59. The van der Waals surface area contributed by atoms with Crippen molar-refractivity contribution in [3.8, 4) is 28.6 Å². The van der Waals surface area contributed by atoms with Crippen molar-refractivity contribution < 1.29 is 22.6 Å². The molecule has 0 amide bonds. The van der Waals surface area contributed by atoms with Crippen LogP contribution in [0.5, 0.6) is 17.5 Å². The second-order valence-corrected chi connectivity index (χ2v) is 6.47. The van der Waals surface area contributed by atoms with E-state index in [9.17, 15) is 13.2 Å². The van der Waals surface area contributed by atoms with E-state index in [1.165, 1.54) is 19.2 Å². The normalized spacial score (nSPS) is 11.3. The molecule has 0 aliphatic rings. The second kappa shape index (κ2) is 7.97. The lowest BCUT2D eigenvalue weighted by molar-refractivity contribution is -0.137. The SMILES string of the molecule is COc1ncc(C)cc1-c1ccc(C(F)(F)F)cc1Oc1nn(C=N)c(=N)cc1C. The Balaban J connectivity index is 2.23. The second-order valence-electron chi connectivity index (χ2n) is 6.47. The van der Waals surface area contributed by atoms with Gasteiger partial charge in [-0.1, -0.05) is 0 Å². The maximum atomic E-state index is 13.3. The molecule has 0 saturated carbocycles. The summed E-state index contributed by atoms with van der Waals surface area (Å²) < 4.78 is 52.0. The molecule has 0 atom stereocenters. The first-order valence-corrected chi connectivity index (χ1v) is 8.69. The third-order valence-corrected chi connectivity index (χ3v) is 4.25. The number of benzene rings is 1. The number of alkyl halides is 3. The average molecular weight is 417 g/mol. The van der Waals surface area contributed by atoms with Crippen molar-refractivity contribution in [2.45, 2.75) is 20.0 Å². The first kappa shape index (κ1) is 21.0. The Hall–Kier alpha value is -3.69. The Morgan fingerprint density at radius 1 is 1.07 bits per heavy atom. The van der Waals surface area contributed by atoms with E-state index in [4.69, 9.17) is 20.3 Å². The van der Waals surface area contributed by atoms with Crippen LogP contribution < -0.4 is 15.0 Å². The fourth-order valence-electron chi connectivity index (χ4n) is 2.78. The zero-order valence-electron chi connectivity index (χ0n) is 16.3. The van der Waals surface area contributed by atoms with E-state index in [0.29, 0.717) is 16.7 Å². The Morgan fingerprint density at radius 2 is 1.80 bits per heavy atom. The number of hydrogen-bond acceptors (Lipinski definition) is 6. The molecule has 0 aliphatic heterocycles. The monoisotopic (exact) mass is 417 g/mol. The molecular weight excluding hydrogens is 399 g/mol. The lowest BCUT2D eigenvalue weighted by atomic mass is 10.0. The highest BCUT2D eigenvalue weighted by molar-refractivity contribution is 5.75. The molecule has 3 aromatic rings. The fourth-order valence-corrected chi connectivity index (χ4v) is 2.78. The van der Waals surface area contributed by atoms with Crippen LogP contribution in [-0.4, -0.2) is 28.2 Å². The topological polar surface area (TPSA) is 96.9 Å². The predicted octanol–water partition coefficient (Wildman–Crippen LogP) is 4.32. The molecule has 2 heterocycles. The van der Waals surface area contributed by atoms with E-state index < -0.39 is 11.7 Å². The summed E-state index contributed by atoms with van der Waals surface area (Å²) in [7, 11) is 1.41. The van der Waals surface area contributed by atoms with Gasteiger partial charge in [0.25, 0.3) is 0 Å². The predicted molar refractivity (Wildman–Crippen MR) is 103 cm³/mol. The zero-order valence-corrected chi connectivity index (χ0v) is 16.3. The lowest BCUT2D eigenvalue weighted by Gasteiger charge is -2.17. The van der Waals surface area contributed by atoms with Gasteiger partial charge in [-0.2, -0.15) is 13.2 Å². The van der Waals surface area contributed by atoms with Crippen molar-refractivity contribution in [2.24, 2.45) is 0 Å². The molecule has 2 aromatic heterocycles. The van der Waals surface area contributed by atoms with E-state index >= 15 is 0 Å². The molecule has 0 saturated heterocycles. The van der Waals surface area contributed by atoms with Gasteiger partial charge in [0, 0.05) is 22.9 Å². The summed E-state index contributed by atoms with van der Waals surface area (Å²) in [5, 5.41) is 19.1. The summed E-state index contributed by atoms with van der Waals surface area (Å²) >= 11 is 0. The number of nitrogens with zero attached hydrogens (tertiary/aromatic N) is 3. The third-order valence-electron chi connectivity index (χ3n) is 4.25. The summed E-state index contributed by atoms with van der Waals surface area (Å²) in [4.78, 5) is 4.17. The Bertz CT molecular complexity index is 1170. The number of pyridine rings is 1. The van der Waals surface area contributed by atoms with Gasteiger partial charge in [-0.25, -0.2) is 9.67 Å². The molecule has 0 spiro atoms. The van der Waals surface area contributed by atoms with Crippen LogP contribution in [0.3, 0.4) is 0 Å². The molecule has 30 heavy (non-hydrogen) atoms. The van der Waals surface area contributed by atoms with Gasteiger partial charge in [-0.3, -0.25) is 10.8 Å². The number of aromatic nitrogens is 3. The van der Waals surface area contributed by atoms with Crippen LogP contribution in [-0.2, 0) is 6.18 Å². The highest BCUT2D eigenvalue weighted by atomic mass is 19.4. The first-order valence-electron chi connectivity index (χ1n) is 8.69. The summed E-state index contributed by atoms with van der Waals surface area (Å²) in [6, 6.07) is 6.24. The number of methoxy groups -OCH3 is 1. The van der Waals surface area contributed by atoms with E-state index in [1.807, 2.05) is 0 Å². The van der Waals surface area contributed by atoms with Gasteiger partial charge in [0.05, 0.1) is 12.7 Å². The van der Waals surface area contributed by atoms with Gasteiger partial charge in [0.2, 0.25) is 11.8 Å². The fraction of sp³-hybridized carbons (Fsp3) is 0.200. The number of hydrogen-bond donors (Lipinski definition) is 2. The van der Waals surface area contributed by atoms with Crippen molar-refractivity contribution in [3.05, 3.63) is 58.7 Å². The lowest BCUT2D eigenvalue weighted by Crippen LogP contribution is -2.22. The maximum Gasteiger partial charge on any atom is 0.416 e. The third kappa shape index (κ3) is 4.17. The van der Waals surface area contributed by atoms with Crippen LogP contribution in [0.2, 0.25) is 0 Å². The number of halogens is 3. The van der Waals surface area contributed by atoms with Crippen LogP contribution in [0.4, 0.5) is 13.2 Å². The summed E-state index contributed by atoms with van der Waals surface area (Å²) in [5.74, 6) is 0.0843. The van der Waals surface area contributed by atoms with Crippen LogP contribution in [0.15, 0.2) is 36.5 Å². The summed E-state index contributed by atoms with van der Waals surface area (Å²) in [5.41, 5.74) is 1.03. The largest absolute Gasteiger partial charge is 0.481 e. The molecule has 0 unspecified atom stereocenters. The zero-order chi connectivity index (χ0) is 22.1. The highest BCUT2D eigenvalue weighted by Crippen LogP contribution is 2.41. The number of rotatable bonds is 5. The standard InChI is InChI=1S/C20H18F3N5O2/c1-11-6-15(19(29-3)26-9-11)14-5-4-13(20(21,22)23)8-16(14)30-18-12(2)7-17(25)28(10-24)27-18/h4-10,24-25H,1-3H3. The van der Waals surface area contributed by atoms with Crippen LogP contribution in [0.25, 0.3) is 11.1 Å². The van der Waals surface area contributed by atoms with Crippen molar-refractivity contribution in [1.29, 1.82) is 10.8 Å². The molecule has 0 fully saturated rings. The Morgan fingerprint density at radius 3 is 2.43 bits per heavy atom. The number of aryl methyl sites for hydroxylation is 2. The Labute approximate surface area is 169 Å². The smallest absolute Gasteiger partial charge is 0.416 e. The van der Waals surface area contributed by atoms with Crippen molar-refractivity contribution >= 4 is 6.34 Å². The van der Waals surface area contributed by atoms with Crippen molar-refractivity contribution in [3.63, 3.8) is 0 Å². The average Bonchev–Trinajstić information content (AvgIpc) is 2.69. The molecule has 1 aromatic carbocycles. The van der Waals surface area contributed by atoms with Gasteiger partial charge < -0.3 is 9.47 Å². The maximum absolute atomic E-state index is 13.3. The van der Waals surface area contributed by atoms with Gasteiger partial charge >= 0.3 is 6.18 Å². The minimum Gasteiger partial charge on any atom is -0.481 e. The quantitative estimate of drug-likeness (QED) is 0.477. The summed E-state index contributed by atoms with van der Waals surface area (Å²) in [6.07, 6.45) is -2.19. The summed E-state index contributed by atoms with van der Waals surface area (Å²) in [6.45, 7) is 3.41. The minimum atomic E-state index is -4.58. The molecule has 0 radical (unpaired) electrons. The van der Waals surface area contributed by atoms with Crippen molar-refractivity contribution in [1.82, 2.24) is 14.8 Å². The molecule has 0 bridgehead atoms. The van der Waals surface area contributed by atoms with E-state index in [0.717, 1.165) is 28.7 Å². The van der Waals surface area contributed by atoms with Crippen LogP contribution in [0.1, 0.15) is 16.7 Å². The van der Waals surface area contributed by atoms with E-state index in [-0.39, 0.29) is 23.0 Å².